The lowest BCUT2D eigenvalue weighted by Gasteiger charge is -2.07. The Morgan fingerprint density at radius 2 is 1.91 bits per heavy atom. The predicted octanol–water partition coefficient (Wildman–Crippen LogP) is 0.265. The minimum absolute atomic E-state index is 0.0504. The first kappa shape index (κ1) is 16.2. The van der Waals surface area contributed by atoms with Crippen molar-refractivity contribution in [3.05, 3.63) is 36.9 Å². The van der Waals surface area contributed by atoms with Crippen LogP contribution in [0.5, 0.6) is 0 Å². The van der Waals surface area contributed by atoms with E-state index in [1.165, 1.54) is 21.8 Å². The lowest BCUT2D eigenvalue weighted by molar-refractivity contribution is -0.751. The van der Waals surface area contributed by atoms with Crippen LogP contribution in [0.4, 0.5) is 13.2 Å². The molecule has 0 fully saturated rings. The molecule has 1 N–H and O–H groups in total. The maximum Gasteiger partial charge on any atom is 0.511 e. The Bertz CT molecular complexity index is 720. The maximum atomic E-state index is 12.1. The fourth-order valence-electron chi connectivity index (χ4n) is 1.47. The molecule has 22 heavy (non-hydrogen) atoms. The highest BCUT2D eigenvalue weighted by Gasteiger charge is 2.45. The Morgan fingerprint density at radius 1 is 1.23 bits per heavy atom. The lowest BCUT2D eigenvalue weighted by atomic mass is 10.3. The number of sulfonamides is 1. The van der Waals surface area contributed by atoms with E-state index in [9.17, 15) is 21.6 Å². The molecule has 7 nitrogen and oxygen atoms in total. The van der Waals surface area contributed by atoms with Crippen LogP contribution in [0.2, 0.25) is 0 Å². The summed E-state index contributed by atoms with van der Waals surface area (Å²) in [5.74, 6) is 0.458. The number of alkyl halides is 3. The summed E-state index contributed by atoms with van der Waals surface area (Å²) in [6, 6.07) is 3.29. The van der Waals surface area contributed by atoms with Gasteiger partial charge in [-0.3, -0.25) is 0 Å². The van der Waals surface area contributed by atoms with Crippen LogP contribution in [0, 0.1) is 0 Å². The van der Waals surface area contributed by atoms with Gasteiger partial charge in [0, 0.05) is 24.0 Å². The number of rotatable bonds is 5. The number of nitrogens with zero attached hydrogens (tertiary/aromatic N) is 4. The zero-order valence-corrected chi connectivity index (χ0v) is 11.8. The van der Waals surface area contributed by atoms with Crippen LogP contribution in [0.3, 0.4) is 0 Å². The molecule has 0 aliphatic heterocycles. The van der Waals surface area contributed by atoms with E-state index in [0.29, 0.717) is 11.4 Å². The minimum Gasteiger partial charge on any atom is -0.237 e. The van der Waals surface area contributed by atoms with E-state index in [0.717, 1.165) is 0 Å². The molecule has 118 valence electrons. The fraction of sp³-hybridized carbons (Fsp3) is 0.273. The molecule has 0 saturated heterocycles. The summed E-state index contributed by atoms with van der Waals surface area (Å²) in [5, 5.41) is 3.96. The van der Waals surface area contributed by atoms with Crippen molar-refractivity contribution in [3.63, 3.8) is 0 Å². The number of hydrogen-bond donors (Lipinski definition) is 1. The van der Waals surface area contributed by atoms with E-state index in [1.54, 1.807) is 24.5 Å². The third-order valence-electron chi connectivity index (χ3n) is 2.53. The number of halogens is 3. The van der Waals surface area contributed by atoms with Crippen molar-refractivity contribution < 1.29 is 26.3 Å². The normalized spacial score (nSPS) is 12.3. The second-order valence-corrected chi connectivity index (χ2v) is 5.85. The van der Waals surface area contributed by atoms with E-state index < -0.39 is 22.1 Å². The van der Waals surface area contributed by atoms with Gasteiger partial charge in [0.1, 0.15) is 6.20 Å². The summed E-state index contributed by atoms with van der Waals surface area (Å²) in [7, 11) is -5.33. The second kappa shape index (κ2) is 6.32. The Labute approximate surface area is 123 Å². The van der Waals surface area contributed by atoms with Crippen molar-refractivity contribution in [2.75, 3.05) is 6.54 Å². The van der Waals surface area contributed by atoms with E-state index in [2.05, 4.69) is 15.1 Å². The Kier molecular flexibility index (Phi) is 4.66. The second-order valence-electron chi connectivity index (χ2n) is 4.09. The average molecular weight is 334 g/mol. The molecule has 0 aliphatic carbocycles. The molecule has 0 radical (unpaired) electrons. The quantitative estimate of drug-likeness (QED) is 0.793. The first-order chi connectivity index (χ1) is 10.3. The number of nitrogens with one attached hydrogen (secondary N) is 1. The molecule has 2 aromatic rings. The standard InChI is InChI=1S/C11H11F3N5O2S/c12-11(13,14)22(20,21)18-5-7-19-6-2-9(8-17-19)10-15-3-1-4-16-10/h1-4,6,8,18H,5,7H2/q+1. The van der Waals surface area contributed by atoms with E-state index in [1.807, 2.05) is 0 Å². The van der Waals surface area contributed by atoms with Crippen molar-refractivity contribution in [2.24, 2.45) is 0 Å². The molecule has 0 aliphatic rings. The van der Waals surface area contributed by atoms with Gasteiger partial charge in [0.2, 0.25) is 0 Å². The summed E-state index contributed by atoms with van der Waals surface area (Å²) in [6.07, 6.45) is 6.06. The van der Waals surface area contributed by atoms with Crippen LogP contribution in [0.25, 0.3) is 11.4 Å². The summed E-state index contributed by atoms with van der Waals surface area (Å²) >= 11 is 0. The smallest absolute Gasteiger partial charge is 0.237 e. The van der Waals surface area contributed by atoms with Crippen LogP contribution in [0.15, 0.2) is 36.9 Å². The molecule has 0 amide bonds. The summed E-state index contributed by atoms with van der Waals surface area (Å²) in [6.45, 7) is -0.480. The molecule has 0 aromatic carbocycles. The van der Waals surface area contributed by atoms with E-state index in [-0.39, 0.29) is 6.54 Å². The van der Waals surface area contributed by atoms with Crippen molar-refractivity contribution in [3.8, 4) is 11.4 Å². The highest BCUT2D eigenvalue weighted by atomic mass is 32.2. The first-order valence-electron chi connectivity index (χ1n) is 5.99. The minimum atomic E-state index is -5.33. The van der Waals surface area contributed by atoms with Gasteiger partial charge < -0.3 is 0 Å². The lowest BCUT2D eigenvalue weighted by Crippen LogP contribution is -2.45. The Hall–Kier alpha value is -2.14. The molecule has 2 heterocycles. The molecule has 0 saturated carbocycles. The Balaban J connectivity index is 1.96. The zero-order chi connectivity index (χ0) is 16.2. The van der Waals surface area contributed by atoms with Gasteiger partial charge >= 0.3 is 15.5 Å². The van der Waals surface area contributed by atoms with Gasteiger partial charge in [-0.2, -0.15) is 13.2 Å². The SMILES string of the molecule is O=S(=O)(NCC[n+]1ccc(-c2ncccn2)cn1)C(F)(F)F. The summed E-state index contributed by atoms with van der Waals surface area (Å²) in [4.78, 5) is 8.05. The van der Waals surface area contributed by atoms with Gasteiger partial charge in [-0.15, -0.1) is 0 Å². The number of hydrogen-bond acceptors (Lipinski definition) is 5. The van der Waals surface area contributed by atoms with Gasteiger partial charge in [-0.1, -0.05) is 4.68 Å². The van der Waals surface area contributed by atoms with Crippen LogP contribution >= 0.6 is 0 Å². The topological polar surface area (TPSA) is 88.7 Å². The monoisotopic (exact) mass is 334 g/mol. The maximum absolute atomic E-state index is 12.1. The third-order valence-corrected chi connectivity index (χ3v) is 3.73. The molecule has 11 heteroatoms. The molecule has 2 aromatic heterocycles. The molecule has 0 bridgehead atoms. The van der Waals surface area contributed by atoms with E-state index >= 15 is 0 Å². The van der Waals surface area contributed by atoms with Crippen LogP contribution in [-0.4, -0.2) is 35.5 Å². The predicted molar refractivity (Wildman–Crippen MR) is 68.4 cm³/mol. The molecule has 0 spiro atoms. The van der Waals surface area contributed by atoms with Gasteiger partial charge in [0.25, 0.3) is 0 Å². The van der Waals surface area contributed by atoms with Crippen LogP contribution in [-0.2, 0) is 16.6 Å². The van der Waals surface area contributed by atoms with Crippen molar-refractivity contribution in [1.82, 2.24) is 19.8 Å². The summed E-state index contributed by atoms with van der Waals surface area (Å²) < 4.78 is 60.7. The average Bonchev–Trinajstić information content (AvgIpc) is 2.47. The van der Waals surface area contributed by atoms with E-state index in [4.69, 9.17) is 0 Å². The van der Waals surface area contributed by atoms with Crippen molar-refractivity contribution in [1.29, 1.82) is 0 Å². The molecule has 0 atom stereocenters. The Morgan fingerprint density at radius 3 is 2.45 bits per heavy atom. The highest BCUT2D eigenvalue weighted by Crippen LogP contribution is 2.21. The molecule has 2 rings (SSSR count). The van der Waals surface area contributed by atoms with Gasteiger partial charge in [0.05, 0.1) is 6.54 Å². The first-order valence-corrected chi connectivity index (χ1v) is 7.47. The van der Waals surface area contributed by atoms with Crippen LogP contribution in [0.1, 0.15) is 0 Å². The van der Waals surface area contributed by atoms with Crippen molar-refractivity contribution >= 4 is 10.0 Å². The molecule has 0 unspecified atom stereocenters. The van der Waals surface area contributed by atoms with Gasteiger partial charge in [0.15, 0.2) is 18.6 Å². The third kappa shape index (κ3) is 3.95. The summed E-state index contributed by atoms with van der Waals surface area (Å²) in [5.41, 5.74) is -4.69. The number of aromatic nitrogens is 4. The van der Waals surface area contributed by atoms with Crippen LogP contribution < -0.4 is 9.40 Å². The molecular weight excluding hydrogens is 323 g/mol. The van der Waals surface area contributed by atoms with Crippen molar-refractivity contribution in [2.45, 2.75) is 12.1 Å². The zero-order valence-electron chi connectivity index (χ0n) is 11.0. The highest BCUT2D eigenvalue weighted by molar-refractivity contribution is 7.90. The fourth-order valence-corrected chi connectivity index (χ4v) is 2.00. The van der Waals surface area contributed by atoms with Gasteiger partial charge in [-0.05, 0) is 11.2 Å². The van der Waals surface area contributed by atoms with Gasteiger partial charge in [-0.25, -0.2) is 23.1 Å². The molecular formula is C11H11F3N5O2S+. The largest absolute Gasteiger partial charge is 0.511 e.